The molecule has 1 N–H and O–H groups in total. The van der Waals surface area contributed by atoms with Crippen molar-refractivity contribution in [2.24, 2.45) is 5.92 Å². The summed E-state index contributed by atoms with van der Waals surface area (Å²) in [6, 6.07) is 3.64. The molecule has 0 aromatic carbocycles. The number of carboxylic acids is 1. The number of rotatable bonds is 6. The van der Waals surface area contributed by atoms with Crippen LogP contribution in [0.2, 0.25) is 0 Å². The molecule has 0 bridgehead atoms. The Morgan fingerprint density at radius 3 is 3.00 bits per heavy atom. The van der Waals surface area contributed by atoms with Gasteiger partial charge >= 0.3 is 5.97 Å². The third-order valence-electron chi connectivity index (χ3n) is 3.82. The van der Waals surface area contributed by atoms with E-state index in [2.05, 4.69) is 4.90 Å². The molecular weight excluding hydrogens is 272 g/mol. The molecule has 1 amide bonds. The molecule has 21 heavy (non-hydrogen) atoms. The van der Waals surface area contributed by atoms with Crippen molar-refractivity contribution in [2.75, 3.05) is 26.7 Å². The summed E-state index contributed by atoms with van der Waals surface area (Å²) in [5, 5.41) is 8.86. The Kier molecular flexibility index (Phi) is 5.38. The fourth-order valence-corrected chi connectivity index (χ4v) is 2.74. The van der Waals surface area contributed by atoms with Crippen LogP contribution in [-0.4, -0.2) is 53.5 Å². The zero-order valence-corrected chi connectivity index (χ0v) is 12.3. The smallest absolute Gasteiger partial charge is 0.303 e. The number of nitrogens with zero attached hydrogens (tertiary/aromatic N) is 2. The number of carbonyl (C=O) groups excluding carboxylic acids is 1. The van der Waals surface area contributed by atoms with Crippen LogP contribution < -0.4 is 0 Å². The summed E-state index contributed by atoms with van der Waals surface area (Å²) in [4.78, 5) is 26.7. The minimum Gasteiger partial charge on any atom is -0.481 e. The van der Waals surface area contributed by atoms with Crippen molar-refractivity contribution >= 4 is 11.9 Å². The van der Waals surface area contributed by atoms with Crippen LogP contribution in [0.25, 0.3) is 0 Å². The van der Waals surface area contributed by atoms with Crippen LogP contribution in [0, 0.1) is 5.92 Å². The second-order valence-electron chi connectivity index (χ2n) is 5.67. The first kappa shape index (κ1) is 15.6. The Morgan fingerprint density at radius 1 is 1.52 bits per heavy atom. The molecule has 0 saturated carbocycles. The SMILES string of the molecule is CN(Cc1ccco1)C(=O)CN1CCCC(CC(=O)O)C1. The van der Waals surface area contributed by atoms with Crippen molar-refractivity contribution in [1.82, 2.24) is 9.80 Å². The average molecular weight is 294 g/mol. The van der Waals surface area contributed by atoms with Gasteiger partial charge in [0.05, 0.1) is 19.4 Å². The summed E-state index contributed by atoms with van der Waals surface area (Å²) >= 11 is 0. The van der Waals surface area contributed by atoms with E-state index in [0.29, 0.717) is 19.6 Å². The number of aliphatic carboxylic acids is 1. The number of carbonyl (C=O) groups is 2. The Labute approximate surface area is 124 Å². The van der Waals surface area contributed by atoms with Gasteiger partial charge in [-0.15, -0.1) is 0 Å². The fourth-order valence-electron chi connectivity index (χ4n) is 2.74. The summed E-state index contributed by atoms with van der Waals surface area (Å²) in [5.74, 6) is 0.179. The number of furan rings is 1. The molecule has 116 valence electrons. The lowest BCUT2D eigenvalue weighted by Gasteiger charge is -2.32. The second-order valence-corrected chi connectivity index (χ2v) is 5.67. The highest BCUT2D eigenvalue weighted by Gasteiger charge is 2.24. The van der Waals surface area contributed by atoms with Gasteiger partial charge < -0.3 is 14.4 Å². The zero-order valence-electron chi connectivity index (χ0n) is 12.3. The van der Waals surface area contributed by atoms with Crippen molar-refractivity contribution in [3.63, 3.8) is 0 Å². The van der Waals surface area contributed by atoms with Crippen LogP contribution in [-0.2, 0) is 16.1 Å². The van der Waals surface area contributed by atoms with E-state index in [1.807, 2.05) is 6.07 Å². The number of hydrogen-bond donors (Lipinski definition) is 1. The summed E-state index contributed by atoms with van der Waals surface area (Å²) in [5.41, 5.74) is 0. The Balaban J connectivity index is 1.79. The maximum absolute atomic E-state index is 12.2. The number of hydrogen-bond acceptors (Lipinski definition) is 4. The lowest BCUT2D eigenvalue weighted by Crippen LogP contribution is -2.43. The van der Waals surface area contributed by atoms with Gasteiger partial charge in [-0.05, 0) is 37.4 Å². The van der Waals surface area contributed by atoms with Gasteiger partial charge in [0, 0.05) is 20.0 Å². The predicted octanol–water partition coefficient (Wildman–Crippen LogP) is 1.42. The van der Waals surface area contributed by atoms with E-state index in [-0.39, 0.29) is 18.2 Å². The Morgan fingerprint density at radius 2 is 2.33 bits per heavy atom. The van der Waals surface area contributed by atoms with E-state index in [0.717, 1.165) is 25.1 Å². The summed E-state index contributed by atoms with van der Waals surface area (Å²) in [6.07, 6.45) is 3.66. The Hall–Kier alpha value is -1.82. The van der Waals surface area contributed by atoms with Gasteiger partial charge in [0.1, 0.15) is 5.76 Å². The maximum Gasteiger partial charge on any atom is 0.303 e. The molecule has 1 fully saturated rings. The van der Waals surface area contributed by atoms with Gasteiger partial charge in [0.2, 0.25) is 5.91 Å². The molecule has 0 aliphatic carbocycles. The third-order valence-corrected chi connectivity index (χ3v) is 3.82. The van der Waals surface area contributed by atoms with Crippen molar-refractivity contribution < 1.29 is 19.1 Å². The first-order valence-corrected chi connectivity index (χ1v) is 7.25. The second kappa shape index (κ2) is 7.26. The molecule has 1 aromatic rings. The number of likely N-dealkylation sites (N-methyl/N-ethyl adjacent to an activating group) is 1. The topological polar surface area (TPSA) is 74.0 Å². The Bertz CT molecular complexity index is 472. The quantitative estimate of drug-likeness (QED) is 0.859. The molecule has 6 heteroatoms. The largest absolute Gasteiger partial charge is 0.481 e. The van der Waals surface area contributed by atoms with Crippen molar-refractivity contribution in [3.8, 4) is 0 Å². The van der Waals surface area contributed by atoms with Gasteiger partial charge in [-0.25, -0.2) is 0 Å². The van der Waals surface area contributed by atoms with Crippen LogP contribution in [0.15, 0.2) is 22.8 Å². The normalized spacial score (nSPS) is 19.4. The van der Waals surface area contributed by atoms with E-state index in [1.165, 1.54) is 0 Å². The minimum absolute atomic E-state index is 0.0300. The van der Waals surface area contributed by atoms with Crippen LogP contribution >= 0.6 is 0 Å². The van der Waals surface area contributed by atoms with E-state index in [9.17, 15) is 9.59 Å². The monoisotopic (exact) mass is 294 g/mol. The molecule has 1 aliphatic rings. The maximum atomic E-state index is 12.2. The number of amides is 1. The molecule has 1 atom stereocenters. The molecule has 6 nitrogen and oxygen atoms in total. The highest BCUT2D eigenvalue weighted by molar-refractivity contribution is 5.78. The first-order valence-electron chi connectivity index (χ1n) is 7.25. The fraction of sp³-hybridized carbons (Fsp3) is 0.600. The van der Waals surface area contributed by atoms with Gasteiger partial charge in [0.15, 0.2) is 0 Å². The molecular formula is C15H22N2O4. The minimum atomic E-state index is -0.761. The summed E-state index contributed by atoms with van der Waals surface area (Å²) in [6.45, 7) is 2.34. The molecule has 2 rings (SSSR count). The van der Waals surface area contributed by atoms with E-state index in [4.69, 9.17) is 9.52 Å². The molecule has 2 heterocycles. The summed E-state index contributed by atoms with van der Waals surface area (Å²) in [7, 11) is 1.75. The molecule has 1 aliphatic heterocycles. The number of carboxylic acid groups (broad SMARTS) is 1. The zero-order chi connectivity index (χ0) is 15.2. The number of likely N-dealkylation sites (tertiary alicyclic amines) is 1. The molecule has 0 radical (unpaired) electrons. The molecule has 1 saturated heterocycles. The van der Waals surface area contributed by atoms with Gasteiger partial charge in [-0.2, -0.15) is 0 Å². The van der Waals surface area contributed by atoms with Gasteiger partial charge in [0.25, 0.3) is 0 Å². The standard InChI is InChI=1S/C15H22N2O4/c1-16(10-13-5-3-7-21-13)14(18)11-17-6-2-4-12(9-17)8-15(19)20/h3,5,7,12H,2,4,6,8-11H2,1H3,(H,19,20). The van der Waals surface area contributed by atoms with Crippen LogP contribution in [0.1, 0.15) is 25.0 Å². The van der Waals surface area contributed by atoms with E-state index < -0.39 is 5.97 Å². The number of piperidine rings is 1. The third kappa shape index (κ3) is 4.90. The predicted molar refractivity (Wildman–Crippen MR) is 76.6 cm³/mol. The lowest BCUT2D eigenvalue weighted by molar-refractivity contribution is -0.138. The first-order chi connectivity index (χ1) is 10.0. The van der Waals surface area contributed by atoms with Crippen LogP contribution in [0.3, 0.4) is 0 Å². The molecule has 1 unspecified atom stereocenters. The highest BCUT2D eigenvalue weighted by Crippen LogP contribution is 2.19. The van der Waals surface area contributed by atoms with Gasteiger partial charge in [-0.1, -0.05) is 0 Å². The summed E-state index contributed by atoms with van der Waals surface area (Å²) < 4.78 is 5.23. The van der Waals surface area contributed by atoms with E-state index in [1.54, 1.807) is 24.3 Å². The van der Waals surface area contributed by atoms with E-state index >= 15 is 0 Å². The van der Waals surface area contributed by atoms with Crippen molar-refractivity contribution in [1.29, 1.82) is 0 Å². The van der Waals surface area contributed by atoms with Crippen molar-refractivity contribution in [3.05, 3.63) is 24.2 Å². The molecule has 1 aromatic heterocycles. The van der Waals surface area contributed by atoms with Crippen LogP contribution in [0.4, 0.5) is 0 Å². The van der Waals surface area contributed by atoms with Crippen molar-refractivity contribution in [2.45, 2.75) is 25.8 Å². The van der Waals surface area contributed by atoms with Gasteiger partial charge in [-0.3, -0.25) is 14.5 Å². The highest BCUT2D eigenvalue weighted by atomic mass is 16.4. The average Bonchev–Trinajstić information content (AvgIpc) is 2.91. The lowest BCUT2D eigenvalue weighted by atomic mass is 9.95. The molecule has 0 spiro atoms. The van der Waals surface area contributed by atoms with Crippen LogP contribution in [0.5, 0.6) is 0 Å².